The summed E-state index contributed by atoms with van der Waals surface area (Å²) in [6, 6.07) is 6.44. The largest absolute Gasteiger partial charge is 0.573 e. The van der Waals surface area contributed by atoms with Gasteiger partial charge in [-0.2, -0.15) is 0 Å². The lowest BCUT2D eigenvalue weighted by Gasteiger charge is -2.21. The Bertz CT molecular complexity index is 873. The number of halogens is 4. The van der Waals surface area contributed by atoms with E-state index in [1.54, 1.807) is 13.0 Å². The molecule has 0 aliphatic carbocycles. The number of hydrogen-bond donors (Lipinski definition) is 2. The highest BCUT2D eigenvalue weighted by atomic mass is 79.9. The van der Waals surface area contributed by atoms with Crippen molar-refractivity contribution >= 4 is 33.3 Å². The average Bonchev–Trinajstić information content (AvgIpc) is 2.95. The summed E-state index contributed by atoms with van der Waals surface area (Å²) in [6.07, 6.45) is -2.74. The molecule has 0 spiro atoms. The van der Waals surface area contributed by atoms with Crippen LogP contribution in [0.1, 0.15) is 23.7 Å². The Kier molecular flexibility index (Phi) is 5.53. The number of carbonyl (C=O) groups is 1. The van der Waals surface area contributed by atoms with Crippen molar-refractivity contribution in [3.63, 3.8) is 0 Å². The van der Waals surface area contributed by atoms with Crippen molar-refractivity contribution in [1.82, 2.24) is 4.98 Å². The molecule has 1 atom stereocenters. The molecule has 1 saturated heterocycles. The molecule has 1 fully saturated rings. The number of carbonyl (C=O) groups excluding carboxylic acids is 1. The third-order valence-electron chi connectivity index (χ3n) is 4.18. The van der Waals surface area contributed by atoms with Gasteiger partial charge in [-0.05, 0) is 59.6 Å². The SMILES string of the molecule is CC1(O)CCN(c2ncc(C(=O)Nc3ccc(OC(F)(F)F)cc3)cc2Br)C1. The fourth-order valence-corrected chi connectivity index (χ4v) is 3.46. The van der Waals surface area contributed by atoms with E-state index in [4.69, 9.17) is 0 Å². The number of pyridine rings is 1. The van der Waals surface area contributed by atoms with Crippen LogP contribution >= 0.6 is 15.9 Å². The zero-order valence-electron chi connectivity index (χ0n) is 14.8. The van der Waals surface area contributed by atoms with Gasteiger partial charge >= 0.3 is 6.36 Å². The summed E-state index contributed by atoms with van der Waals surface area (Å²) >= 11 is 3.40. The van der Waals surface area contributed by atoms with Crippen LogP contribution in [0.4, 0.5) is 24.7 Å². The van der Waals surface area contributed by atoms with Crippen LogP contribution in [0, 0.1) is 0 Å². The molecular formula is C18H17BrF3N3O3. The number of ether oxygens (including phenoxy) is 1. The lowest BCUT2D eigenvalue weighted by Crippen LogP contribution is -2.30. The molecule has 3 rings (SSSR count). The maximum Gasteiger partial charge on any atom is 0.573 e. The van der Waals surface area contributed by atoms with Gasteiger partial charge in [-0.1, -0.05) is 0 Å². The maximum absolute atomic E-state index is 12.4. The van der Waals surface area contributed by atoms with Crippen LogP contribution < -0.4 is 15.0 Å². The molecule has 0 bridgehead atoms. The number of nitrogens with zero attached hydrogens (tertiary/aromatic N) is 2. The minimum absolute atomic E-state index is 0.275. The Morgan fingerprint density at radius 3 is 2.57 bits per heavy atom. The van der Waals surface area contributed by atoms with Gasteiger partial charge in [0.2, 0.25) is 0 Å². The summed E-state index contributed by atoms with van der Waals surface area (Å²) in [5.41, 5.74) is -0.188. The highest BCUT2D eigenvalue weighted by Gasteiger charge is 2.33. The van der Waals surface area contributed by atoms with Crippen molar-refractivity contribution in [2.75, 3.05) is 23.3 Å². The lowest BCUT2D eigenvalue weighted by molar-refractivity contribution is -0.274. The predicted molar refractivity (Wildman–Crippen MR) is 100 cm³/mol. The number of alkyl halides is 3. The normalized spacial score (nSPS) is 19.6. The van der Waals surface area contributed by atoms with Gasteiger partial charge in [-0.15, -0.1) is 13.2 Å². The van der Waals surface area contributed by atoms with E-state index in [9.17, 15) is 23.1 Å². The van der Waals surface area contributed by atoms with E-state index >= 15 is 0 Å². The van der Waals surface area contributed by atoms with E-state index in [1.165, 1.54) is 18.3 Å². The topological polar surface area (TPSA) is 74.7 Å². The second kappa shape index (κ2) is 7.59. The second-order valence-electron chi connectivity index (χ2n) is 6.72. The van der Waals surface area contributed by atoms with E-state index in [0.717, 1.165) is 12.1 Å². The molecule has 1 amide bonds. The van der Waals surface area contributed by atoms with Crippen LogP contribution in [-0.4, -0.2) is 41.1 Å². The number of nitrogens with one attached hydrogen (secondary N) is 1. The van der Waals surface area contributed by atoms with Crippen LogP contribution in [0.5, 0.6) is 5.75 Å². The van der Waals surface area contributed by atoms with E-state index in [-0.39, 0.29) is 11.3 Å². The molecule has 2 N–H and O–H groups in total. The molecule has 1 aromatic carbocycles. The first-order chi connectivity index (χ1) is 13.0. The zero-order chi connectivity index (χ0) is 20.5. The number of anilines is 2. The minimum atomic E-state index is -4.77. The number of β-amino-alcohol motifs (C(OH)–C–C–N with tert-alkyl or cyclic N) is 1. The summed E-state index contributed by atoms with van der Waals surface area (Å²) in [6.45, 7) is 2.85. The van der Waals surface area contributed by atoms with Crippen molar-refractivity contribution in [1.29, 1.82) is 0 Å². The van der Waals surface area contributed by atoms with Crippen molar-refractivity contribution < 1.29 is 27.8 Å². The minimum Gasteiger partial charge on any atom is -0.406 e. The Labute approximate surface area is 167 Å². The molecule has 1 aliphatic rings. The number of amides is 1. The first-order valence-corrected chi connectivity index (χ1v) is 9.12. The summed E-state index contributed by atoms with van der Waals surface area (Å²) in [5.74, 6) is -0.207. The quantitative estimate of drug-likeness (QED) is 0.723. The Balaban J connectivity index is 1.67. The molecule has 10 heteroatoms. The Hall–Kier alpha value is -2.33. The summed E-state index contributed by atoms with van der Waals surface area (Å²) in [5, 5.41) is 12.7. The van der Waals surface area contributed by atoms with Gasteiger partial charge in [0.05, 0.1) is 15.6 Å². The van der Waals surface area contributed by atoms with Gasteiger partial charge in [0.15, 0.2) is 0 Å². The maximum atomic E-state index is 12.4. The van der Waals surface area contributed by atoms with Gasteiger partial charge < -0.3 is 20.1 Å². The molecule has 28 heavy (non-hydrogen) atoms. The van der Waals surface area contributed by atoms with Crippen LogP contribution in [-0.2, 0) is 0 Å². The Morgan fingerprint density at radius 2 is 2.04 bits per heavy atom. The smallest absolute Gasteiger partial charge is 0.406 e. The van der Waals surface area contributed by atoms with E-state index in [0.29, 0.717) is 35.5 Å². The summed E-state index contributed by atoms with van der Waals surface area (Å²) in [4.78, 5) is 18.6. The zero-order valence-corrected chi connectivity index (χ0v) is 16.3. The van der Waals surface area contributed by atoms with Crippen LogP contribution in [0.25, 0.3) is 0 Å². The number of hydrogen-bond acceptors (Lipinski definition) is 5. The lowest BCUT2D eigenvalue weighted by atomic mass is 10.1. The van der Waals surface area contributed by atoms with Gasteiger partial charge in [-0.25, -0.2) is 4.98 Å². The second-order valence-corrected chi connectivity index (χ2v) is 7.58. The van der Waals surface area contributed by atoms with E-state index in [1.807, 2.05) is 4.90 Å². The molecule has 6 nitrogen and oxygen atoms in total. The molecular weight excluding hydrogens is 443 g/mol. The van der Waals surface area contributed by atoms with Gasteiger partial charge in [0, 0.05) is 25.0 Å². The fraction of sp³-hybridized carbons (Fsp3) is 0.333. The molecule has 1 aromatic heterocycles. The van der Waals surface area contributed by atoms with Crippen LogP contribution in [0.15, 0.2) is 41.0 Å². The highest BCUT2D eigenvalue weighted by molar-refractivity contribution is 9.10. The van der Waals surface area contributed by atoms with Crippen molar-refractivity contribution in [3.8, 4) is 5.75 Å². The average molecular weight is 460 g/mol. The molecule has 1 aliphatic heterocycles. The van der Waals surface area contributed by atoms with Crippen LogP contribution in [0.2, 0.25) is 0 Å². The van der Waals surface area contributed by atoms with Crippen molar-refractivity contribution in [2.24, 2.45) is 0 Å². The number of rotatable bonds is 4. The van der Waals surface area contributed by atoms with E-state index < -0.39 is 17.9 Å². The first kappa shape index (κ1) is 20.4. The standard InChI is InChI=1S/C18H17BrF3N3O3/c1-17(27)6-7-25(10-17)15-14(19)8-11(9-23-15)16(26)24-12-2-4-13(5-3-12)28-18(20,21)22/h2-5,8-9,27H,6-7,10H2,1H3,(H,24,26). The van der Waals surface area contributed by atoms with Gasteiger partial charge in [0.1, 0.15) is 11.6 Å². The van der Waals surface area contributed by atoms with Crippen molar-refractivity contribution in [3.05, 3.63) is 46.6 Å². The van der Waals surface area contributed by atoms with E-state index in [2.05, 4.69) is 31.0 Å². The molecule has 0 saturated carbocycles. The third-order valence-corrected chi connectivity index (χ3v) is 4.76. The summed E-state index contributed by atoms with van der Waals surface area (Å²) in [7, 11) is 0. The number of aliphatic hydroxyl groups is 1. The fourth-order valence-electron chi connectivity index (χ4n) is 2.86. The molecule has 150 valence electrons. The molecule has 2 heterocycles. The van der Waals surface area contributed by atoms with Crippen molar-refractivity contribution in [2.45, 2.75) is 25.3 Å². The van der Waals surface area contributed by atoms with Gasteiger partial charge in [0.25, 0.3) is 5.91 Å². The number of aromatic nitrogens is 1. The van der Waals surface area contributed by atoms with Crippen LogP contribution in [0.3, 0.4) is 0 Å². The molecule has 0 radical (unpaired) electrons. The van der Waals surface area contributed by atoms with Gasteiger partial charge in [-0.3, -0.25) is 4.79 Å². The predicted octanol–water partition coefficient (Wildman–Crippen LogP) is 3.96. The first-order valence-electron chi connectivity index (χ1n) is 8.32. The molecule has 2 aromatic rings. The monoisotopic (exact) mass is 459 g/mol. The Morgan fingerprint density at radius 1 is 1.36 bits per heavy atom. The third kappa shape index (κ3) is 5.14. The highest BCUT2D eigenvalue weighted by Crippen LogP contribution is 2.31. The molecule has 1 unspecified atom stereocenters. The number of benzene rings is 1. The summed E-state index contributed by atoms with van der Waals surface area (Å²) < 4.78 is 40.9.